The minimum atomic E-state index is -0.614. The molecular weight excluding hydrogens is 282 g/mol. The van der Waals surface area contributed by atoms with Crippen molar-refractivity contribution in [1.29, 1.82) is 0 Å². The number of anilines is 1. The Labute approximate surface area is 129 Å². The van der Waals surface area contributed by atoms with Crippen molar-refractivity contribution in [2.75, 3.05) is 31.1 Å². The highest BCUT2D eigenvalue weighted by atomic mass is 16.2. The standard InChI is InChI=1S/C15H21N5O2/c1-2-5-18-14(21)15(22)19-10-12-3-8-20(9-4-12)13-11-16-6-7-17-13/h2,6-7,11-12H,1,3-5,8-10H2,(H,18,21)(H,19,22). The van der Waals surface area contributed by atoms with Crippen LogP contribution < -0.4 is 15.5 Å². The molecule has 0 saturated carbocycles. The molecule has 0 radical (unpaired) electrons. The van der Waals surface area contributed by atoms with Crippen LogP contribution in [0.5, 0.6) is 0 Å². The van der Waals surface area contributed by atoms with Crippen LogP contribution in [0.2, 0.25) is 0 Å². The van der Waals surface area contributed by atoms with Gasteiger partial charge in [-0.3, -0.25) is 14.6 Å². The molecule has 2 rings (SSSR count). The van der Waals surface area contributed by atoms with Crippen LogP contribution in [-0.2, 0) is 9.59 Å². The summed E-state index contributed by atoms with van der Waals surface area (Å²) in [6, 6.07) is 0. The minimum Gasteiger partial charge on any atom is -0.355 e. The van der Waals surface area contributed by atoms with Gasteiger partial charge in [-0.2, -0.15) is 0 Å². The van der Waals surface area contributed by atoms with E-state index in [1.807, 2.05) is 0 Å². The molecule has 7 heteroatoms. The SMILES string of the molecule is C=CCNC(=O)C(=O)NCC1CCN(c2cnccn2)CC1. The first-order chi connectivity index (χ1) is 10.7. The summed E-state index contributed by atoms with van der Waals surface area (Å²) in [5.41, 5.74) is 0. The molecule has 2 heterocycles. The van der Waals surface area contributed by atoms with Crippen molar-refractivity contribution in [2.24, 2.45) is 5.92 Å². The van der Waals surface area contributed by atoms with Crippen LogP contribution in [0.15, 0.2) is 31.2 Å². The van der Waals surface area contributed by atoms with Gasteiger partial charge < -0.3 is 15.5 Å². The Morgan fingerprint density at radius 1 is 1.27 bits per heavy atom. The molecule has 0 bridgehead atoms. The van der Waals surface area contributed by atoms with Crippen molar-refractivity contribution in [3.05, 3.63) is 31.2 Å². The van der Waals surface area contributed by atoms with Crippen molar-refractivity contribution in [3.63, 3.8) is 0 Å². The van der Waals surface area contributed by atoms with Crippen molar-refractivity contribution in [3.8, 4) is 0 Å². The van der Waals surface area contributed by atoms with Gasteiger partial charge in [0, 0.05) is 38.6 Å². The number of hydrogen-bond donors (Lipinski definition) is 2. The molecule has 0 aliphatic carbocycles. The van der Waals surface area contributed by atoms with E-state index in [0.29, 0.717) is 19.0 Å². The lowest BCUT2D eigenvalue weighted by Crippen LogP contribution is -2.44. The van der Waals surface area contributed by atoms with Crippen LogP contribution in [0.3, 0.4) is 0 Å². The van der Waals surface area contributed by atoms with Gasteiger partial charge in [-0.1, -0.05) is 6.08 Å². The Kier molecular flexibility index (Phi) is 5.88. The maximum absolute atomic E-state index is 11.6. The highest BCUT2D eigenvalue weighted by Gasteiger charge is 2.21. The van der Waals surface area contributed by atoms with Crippen LogP contribution in [0, 0.1) is 5.92 Å². The molecule has 0 unspecified atom stereocenters. The average molecular weight is 303 g/mol. The molecule has 0 spiro atoms. The molecule has 0 atom stereocenters. The molecule has 1 fully saturated rings. The third-order valence-corrected chi connectivity index (χ3v) is 3.65. The Hall–Kier alpha value is -2.44. The van der Waals surface area contributed by atoms with Gasteiger partial charge in [0.05, 0.1) is 6.20 Å². The first kappa shape index (κ1) is 15.9. The second kappa shape index (κ2) is 8.11. The van der Waals surface area contributed by atoms with E-state index in [-0.39, 0.29) is 0 Å². The number of nitrogens with one attached hydrogen (secondary N) is 2. The normalized spacial score (nSPS) is 15.2. The quantitative estimate of drug-likeness (QED) is 0.595. The predicted molar refractivity (Wildman–Crippen MR) is 83.2 cm³/mol. The van der Waals surface area contributed by atoms with E-state index in [1.165, 1.54) is 6.08 Å². The Balaban J connectivity index is 1.70. The first-order valence-electron chi connectivity index (χ1n) is 7.38. The minimum absolute atomic E-state index is 0.294. The predicted octanol–water partition coefficient (Wildman–Crippen LogP) is 0.111. The second-order valence-electron chi connectivity index (χ2n) is 5.20. The summed E-state index contributed by atoms with van der Waals surface area (Å²) in [6.07, 6.45) is 8.53. The molecule has 1 aromatic heterocycles. The highest BCUT2D eigenvalue weighted by Crippen LogP contribution is 2.20. The lowest BCUT2D eigenvalue weighted by atomic mass is 9.97. The summed E-state index contributed by atoms with van der Waals surface area (Å²) in [4.78, 5) is 33.5. The Bertz CT molecular complexity index is 512. The molecule has 0 aromatic carbocycles. The smallest absolute Gasteiger partial charge is 0.309 e. The van der Waals surface area contributed by atoms with Gasteiger partial charge in [0.15, 0.2) is 0 Å². The van der Waals surface area contributed by atoms with E-state index in [2.05, 4.69) is 32.1 Å². The van der Waals surface area contributed by atoms with E-state index in [1.54, 1.807) is 18.6 Å². The monoisotopic (exact) mass is 303 g/mol. The summed E-state index contributed by atoms with van der Waals surface area (Å²) in [5.74, 6) is 0.0629. The Morgan fingerprint density at radius 2 is 2.00 bits per heavy atom. The fraction of sp³-hybridized carbons (Fsp3) is 0.467. The molecule has 1 saturated heterocycles. The number of hydrogen-bond acceptors (Lipinski definition) is 5. The molecule has 1 aliphatic rings. The second-order valence-corrected chi connectivity index (χ2v) is 5.20. The number of carbonyl (C=O) groups excluding carboxylic acids is 2. The van der Waals surface area contributed by atoms with Crippen LogP contribution >= 0.6 is 0 Å². The zero-order valence-electron chi connectivity index (χ0n) is 12.5. The number of piperidine rings is 1. The lowest BCUT2D eigenvalue weighted by molar-refractivity contribution is -0.139. The largest absolute Gasteiger partial charge is 0.355 e. The van der Waals surface area contributed by atoms with E-state index < -0.39 is 11.8 Å². The molecule has 1 aromatic rings. The summed E-state index contributed by atoms with van der Waals surface area (Å²) in [5, 5.41) is 5.14. The first-order valence-corrected chi connectivity index (χ1v) is 7.38. The van der Waals surface area contributed by atoms with Crippen LogP contribution in [0.25, 0.3) is 0 Å². The topological polar surface area (TPSA) is 87.2 Å². The van der Waals surface area contributed by atoms with Gasteiger partial charge in [-0.25, -0.2) is 4.98 Å². The van der Waals surface area contributed by atoms with E-state index >= 15 is 0 Å². The van der Waals surface area contributed by atoms with Crippen LogP contribution in [-0.4, -0.2) is 48.0 Å². The zero-order valence-corrected chi connectivity index (χ0v) is 12.5. The van der Waals surface area contributed by atoms with E-state index in [0.717, 1.165) is 31.7 Å². The molecule has 2 N–H and O–H groups in total. The van der Waals surface area contributed by atoms with Gasteiger partial charge in [-0.05, 0) is 18.8 Å². The van der Waals surface area contributed by atoms with Crippen molar-refractivity contribution in [2.45, 2.75) is 12.8 Å². The maximum Gasteiger partial charge on any atom is 0.309 e. The third-order valence-electron chi connectivity index (χ3n) is 3.65. The molecular formula is C15H21N5O2. The van der Waals surface area contributed by atoms with Crippen molar-refractivity contribution in [1.82, 2.24) is 20.6 Å². The fourth-order valence-electron chi connectivity index (χ4n) is 2.38. The van der Waals surface area contributed by atoms with Gasteiger partial charge >= 0.3 is 11.8 Å². The number of aromatic nitrogens is 2. The summed E-state index contributed by atoms with van der Waals surface area (Å²) >= 11 is 0. The summed E-state index contributed by atoms with van der Waals surface area (Å²) < 4.78 is 0. The number of nitrogens with zero attached hydrogens (tertiary/aromatic N) is 3. The van der Waals surface area contributed by atoms with E-state index in [4.69, 9.17) is 0 Å². The number of amides is 2. The van der Waals surface area contributed by atoms with Gasteiger partial charge in [-0.15, -0.1) is 6.58 Å². The maximum atomic E-state index is 11.6. The Morgan fingerprint density at radius 3 is 2.64 bits per heavy atom. The van der Waals surface area contributed by atoms with Crippen LogP contribution in [0.1, 0.15) is 12.8 Å². The third kappa shape index (κ3) is 4.54. The zero-order chi connectivity index (χ0) is 15.8. The van der Waals surface area contributed by atoms with Crippen molar-refractivity contribution >= 4 is 17.6 Å². The van der Waals surface area contributed by atoms with Gasteiger partial charge in [0.2, 0.25) is 0 Å². The summed E-state index contributed by atoms with van der Waals surface area (Å²) in [7, 11) is 0. The van der Waals surface area contributed by atoms with Gasteiger partial charge in [0.25, 0.3) is 0 Å². The van der Waals surface area contributed by atoms with E-state index in [9.17, 15) is 9.59 Å². The summed E-state index contributed by atoms with van der Waals surface area (Å²) in [6.45, 7) is 6.05. The molecule has 1 aliphatic heterocycles. The number of rotatable bonds is 5. The number of carbonyl (C=O) groups is 2. The highest BCUT2D eigenvalue weighted by molar-refractivity contribution is 6.35. The van der Waals surface area contributed by atoms with Crippen molar-refractivity contribution < 1.29 is 9.59 Å². The molecule has 7 nitrogen and oxygen atoms in total. The van der Waals surface area contributed by atoms with Gasteiger partial charge in [0.1, 0.15) is 5.82 Å². The lowest BCUT2D eigenvalue weighted by Gasteiger charge is -2.32. The molecule has 118 valence electrons. The molecule has 22 heavy (non-hydrogen) atoms. The average Bonchev–Trinajstić information content (AvgIpc) is 2.58. The molecule has 2 amide bonds. The fourth-order valence-corrected chi connectivity index (χ4v) is 2.38. The van der Waals surface area contributed by atoms with Crippen LogP contribution in [0.4, 0.5) is 5.82 Å².